The molecule has 0 aliphatic carbocycles. The van der Waals surface area contributed by atoms with Gasteiger partial charge in [0.15, 0.2) is 0 Å². The van der Waals surface area contributed by atoms with Crippen LogP contribution in [0.2, 0.25) is 0 Å². The average molecular weight is 251 g/mol. The van der Waals surface area contributed by atoms with Crippen molar-refractivity contribution in [1.29, 1.82) is 0 Å². The molecule has 2 N–H and O–H groups in total. The second-order valence-electron chi connectivity index (χ2n) is 4.20. The first kappa shape index (κ1) is 14.7. The van der Waals surface area contributed by atoms with Gasteiger partial charge >= 0.3 is 5.97 Å². The largest absolute Gasteiger partial charge is 0.469 e. The second kappa shape index (κ2) is 8.66. The van der Waals surface area contributed by atoms with Gasteiger partial charge in [-0.1, -0.05) is 30.3 Å². The maximum absolute atomic E-state index is 11.3. The van der Waals surface area contributed by atoms with E-state index in [1.807, 2.05) is 30.3 Å². The lowest BCUT2D eigenvalue weighted by Crippen LogP contribution is -2.34. The van der Waals surface area contributed by atoms with Crippen molar-refractivity contribution >= 4 is 5.97 Å². The summed E-state index contributed by atoms with van der Waals surface area (Å²) < 4.78 is 4.70. The fraction of sp³-hybridized carbons (Fsp3) is 0.500. The van der Waals surface area contributed by atoms with Gasteiger partial charge in [-0.05, 0) is 24.9 Å². The summed E-state index contributed by atoms with van der Waals surface area (Å²) in [6.45, 7) is 0.855. The molecule has 0 saturated carbocycles. The van der Waals surface area contributed by atoms with Gasteiger partial charge in [0.25, 0.3) is 0 Å². The standard InChI is InChI=1S/C14H21NO3/c1-18-14(17)11-13(15-8-5-9-16)10-12-6-3-2-4-7-12/h2-4,6-7,13,15-16H,5,8-11H2,1H3. The van der Waals surface area contributed by atoms with Gasteiger partial charge in [0, 0.05) is 12.6 Å². The van der Waals surface area contributed by atoms with E-state index in [9.17, 15) is 4.79 Å². The minimum Gasteiger partial charge on any atom is -0.469 e. The van der Waals surface area contributed by atoms with E-state index in [0.717, 1.165) is 6.42 Å². The number of aliphatic hydroxyl groups is 1. The number of methoxy groups -OCH3 is 1. The number of ether oxygens (including phenoxy) is 1. The Balaban J connectivity index is 2.50. The smallest absolute Gasteiger partial charge is 0.307 e. The number of benzene rings is 1. The minimum absolute atomic E-state index is 0.0476. The Kier molecular flexibility index (Phi) is 7.06. The Hall–Kier alpha value is -1.39. The number of carbonyl (C=O) groups excluding carboxylic acids is 1. The second-order valence-corrected chi connectivity index (χ2v) is 4.20. The maximum Gasteiger partial charge on any atom is 0.307 e. The first-order valence-corrected chi connectivity index (χ1v) is 6.21. The summed E-state index contributed by atoms with van der Waals surface area (Å²) in [7, 11) is 1.40. The van der Waals surface area contributed by atoms with E-state index in [1.165, 1.54) is 12.7 Å². The summed E-state index contributed by atoms with van der Waals surface area (Å²) in [5.41, 5.74) is 1.18. The number of nitrogens with one attached hydrogen (secondary N) is 1. The molecule has 0 amide bonds. The lowest BCUT2D eigenvalue weighted by molar-refractivity contribution is -0.141. The molecule has 0 radical (unpaired) electrons. The first-order valence-electron chi connectivity index (χ1n) is 6.21. The number of hydrogen-bond acceptors (Lipinski definition) is 4. The van der Waals surface area contributed by atoms with Crippen LogP contribution in [-0.2, 0) is 16.0 Å². The van der Waals surface area contributed by atoms with E-state index in [-0.39, 0.29) is 18.6 Å². The molecule has 1 atom stereocenters. The highest BCUT2D eigenvalue weighted by atomic mass is 16.5. The molecule has 18 heavy (non-hydrogen) atoms. The third-order valence-electron chi connectivity index (χ3n) is 2.73. The van der Waals surface area contributed by atoms with Crippen molar-refractivity contribution in [3.8, 4) is 0 Å². The van der Waals surface area contributed by atoms with Crippen LogP contribution in [0.1, 0.15) is 18.4 Å². The molecule has 0 aliphatic heterocycles. The van der Waals surface area contributed by atoms with Crippen molar-refractivity contribution in [2.75, 3.05) is 20.3 Å². The van der Waals surface area contributed by atoms with Crippen molar-refractivity contribution in [1.82, 2.24) is 5.32 Å². The van der Waals surface area contributed by atoms with Gasteiger partial charge in [0.1, 0.15) is 0 Å². The van der Waals surface area contributed by atoms with Crippen LogP contribution in [0.5, 0.6) is 0 Å². The summed E-state index contributed by atoms with van der Waals surface area (Å²) in [5.74, 6) is -0.215. The van der Waals surface area contributed by atoms with E-state index >= 15 is 0 Å². The van der Waals surface area contributed by atoms with Crippen molar-refractivity contribution in [3.63, 3.8) is 0 Å². The van der Waals surface area contributed by atoms with E-state index in [0.29, 0.717) is 19.4 Å². The molecule has 0 saturated heterocycles. The molecule has 4 heteroatoms. The van der Waals surface area contributed by atoms with Crippen LogP contribution in [0, 0.1) is 0 Å². The Morgan fingerprint density at radius 2 is 2.11 bits per heavy atom. The molecule has 1 rings (SSSR count). The van der Waals surface area contributed by atoms with Crippen LogP contribution >= 0.6 is 0 Å². The quantitative estimate of drug-likeness (QED) is 0.537. The maximum atomic E-state index is 11.3. The van der Waals surface area contributed by atoms with Crippen LogP contribution in [0.4, 0.5) is 0 Å². The lowest BCUT2D eigenvalue weighted by Gasteiger charge is -2.17. The third kappa shape index (κ3) is 5.80. The van der Waals surface area contributed by atoms with E-state index in [2.05, 4.69) is 5.32 Å². The molecule has 1 unspecified atom stereocenters. The normalized spacial score (nSPS) is 12.1. The number of rotatable bonds is 8. The third-order valence-corrected chi connectivity index (χ3v) is 2.73. The molecule has 0 bridgehead atoms. The van der Waals surface area contributed by atoms with Crippen molar-refractivity contribution in [3.05, 3.63) is 35.9 Å². The van der Waals surface area contributed by atoms with Crippen molar-refractivity contribution in [2.45, 2.75) is 25.3 Å². The summed E-state index contributed by atoms with van der Waals surface area (Å²) >= 11 is 0. The molecule has 0 fully saturated rings. The number of hydrogen-bond donors (Lipinski definition) is 2. The molecule has 0 aromatic heterocycles. The van der Waals surface area contributed by atoms with Gasteiger partial charge in [-0.15, -0.1) is 0 Å². The number of aliphatic hydroxyl groups excluding tert-OH is 1. The Morgan fingerprint density at radius 3 is 2.72 bits per heavy atom. The predicted molar refractivity (Wildman–Crippen MR) is 70.3 cm³/mol. The highest BCUT2D eigenvalue weighted by Crippen LogP contribution is 2.06. The fourth-order valence-corrected chi connectivity index (χ4v) is 1.78. The Labute approximate surface area is 108 Å². The molecular weight excluding hydrogens is 230 g/mol. The number of carbonyl (C=O) groups is 1. The molecule has 1 aromatic carbocycles. The van der Waals surface area contributed by atoms with Crippen LogP contribution < -0.4 is 5.32 Å². The van der Waals surface area contributed by atoms with E-state index in [4.69, 9.17) is 9.84 Å². The molecule has 0 heterocycles. The molecule has 0 aliphatic rings. The Bertz CT molecular complexity index is 340. The Morgan fingerprint density at radius 1 is 1.39 bits per heavy atom. The van der Waals surface area contributed by atoms with E-state index < -0.39 is 0 Å². The zero-order valence-electron chi connectivity index (χ0n) is 10.8. The monoisotopic (exact) mass is 251 g/mol. The SMILES string of the molecule is COC(=O)CC(Cc1ccccc1)NCCCO. The summed E-state index contributed by atoms with van der Waals surface area (Å²) in [5, 5.41) is 12.0. The zero-order chi connectivity index (χ0) is 13.2. The van der Waals surface area contributed by atoms with Crippen molar-refractivity contribution < 1.29 is 14.6 Å². The van der Waals surface area contributed by atoms with Gasteiger partial charge in [0.2, 0.25) is 0 Å². The van der Waals surface area contributed by atoms with Gasteiger partial charge in [0.05, 0.1) is 13.5 Å². The number of esters is 1. The lowest BCUT2D eigenvalue weighted by atomic mass is 10.0. The molecule has 100 valence electrons. The van der Waals surface area contributed by atoms with Crippen LogP contribution in [-0.4, -0.2) is 37.4 Å². The van der Waals surface area contributed by atoms with Gasteiger partial charge < -0.3 is 15.2 Å². The van der Waals surface area contributed by atoms with Crippen LogP contribution in [0.15, 0.2) is 30.3 Å². The highest BCUT2D eigenvalue weighted by molar-refractivity contribution is 5.69. The topological polar surface area (TPSA) is 58.6 Å². The van der Waals surface area contributed by atoms with Crippen LogP contribution in [0.3, 0.4) is 0 Å². The minimum atomic E-state index is -0.215. The molecule has 1 aromatic rings. The van der Waals surface area contributed by atoms with E-state index in [1.54, 1.807) is 0 Å². The van der Waals surface area contributed by atoms with Crippen molar-refractivity contribution in [2.24, 2.45) is 0 Å². The highest BCUT2D eigenvalue weighted by Gasteiger charge is 2.14. The first-order chi connectivity index (χ1) is 8.76. The van der Waals surface area contributed by atoms with Gasteiger partial charge in [-0.3, -0.25) is 4.79 Å². The summed E-state index contributed by atoms with van der Waals surface area (Å²) in [4.78, 5) is 11.3. The zero-order valence-corrected chi connectivity index (χ0v) is 10.8. The van der Waals surface area contributed by atoms with Crippen LogP contribution in [0.25, 0.3) is 0 Å². The molecule has 4 nitrogen and oxygen atoms in total. The van der Waals surface area contributed by atoms with Gasteiger partial charge in [-0.2, -0.15) is 0 Å². The summed E-state index contributed by atoms with van der Waals surface area (Å²) in [6.07, 6.45) is 1.81. The average Bonchev–Trinajstić information content (AvgIpc) is 2.40. The molecule has 0 spiro atoms. The summed E-state index contributed by atoms with van der Waals surface area (Å²) in [6, 6.07) is 10.1. The predicted octanol–water partition coefficient (Wildman–Crippen LogP) is 1.13. The molecular formula is C14H21NO3. The van der Waals surface area contributed by atoms with Gasteiger partial charge in [-0.25, -0.2) is 0 Å². The fourth-order valence-electron chi connectivity index (χ4n) is 1.78.